The van der Waals surface area contributed by atoms with Crippen LogP contribution in [0, 0.1) is 0 Å². The highest BCUT2D eigenvalue weighted by molar-refractivity contribution is 5.93. The van der Waals surface area contributed by atoms with Gasteiger partial charge in [-0.05, 0) is 24.3 Å². The fourth-order valence-electron chi connectivity index (χ4n) is 1.65. The SMILES string of the molecule is O=C(CNC(=O)c1ccco1)OCc1nnc(-c2ccco2)o1. The normalized spacial score (nSPS) is 10.4. The summed E-state index contributed by atoms with van der Waals surface area (Å²) in [6.45, 7) is -0.512. The number of aromatic nitrogens is 2. The molecule has 9 heteroatoms. The number of esters is 1. The first kappa shape index (κ1) is 14.6. The molecule has 3 rings (SSSR count). The van der Waals surface area contributed by atoms with Crippen molar-refractivity contribution < 1.29 is 27.6 Å². The van der Waals surface area contributed by atoms with Crippen molar-refractivity contribution in [3.63, 3.8) is 0 Å². The molecule has 0 atom stereocenters. The first-order valence-electron chi connectivity index (χ1n) is 6.56. The number of hydrogen-bond donors (Lipinski definition) is 1. The van der Waals surface area contributed by atoms with Crippen LogP contribution in [0.1, 0.15) is 16.4 Å². The van der Waals surface area contributed by atoms with E-state index < -0.39 is 11.9 Å². The third-order valence-corrected chi connectivity index (χ3v) is 2.69. The first-order chi connectivity index (χ1) is 11.2. The van der Waals surface area contributed by atoms with Crippen LogP contribution in [0.3, 0.4) is 0 Å². The molecule has 0 aromatic carbocycles. The smallest absolute Gasteiger partial charge is 0.325 e. The zero-order valence-corrected chi connectivity index (χ0v) is 11.7. The molecule has 0 bridgehead atoms. The van der Waals surface area contributed by atoms with Crippen LogP contribution < -0.4 is 5.32 Å². The van der Waals surface area contributed by atoms with Crippen molar-refractivity contribution in [1.82, 2.24) is 15.5 Å². The van der Waals surface area contributed by atoms with E-state index in [9.17, 15) is 9.59 Å². The van der Waals surface area contributed by atoms with Crippen molar-refractivity contribution in [2.45, 2.75) is 6.61 Å². The van der Waals surface area contributed by atoms with Crippen LogP contribution in [0.5, 0.6) is 0 Å². The zero-order chi connectivity index (χ0) is 16.1. The highest BCUT2D eigenvalue weighted by Crippen LogP contribution is 2.17. The third kappa shape index (κ3) is 3.64. The van der Waals surface area contributed by atoms with Gasteiger partial charge in [0, 0.05) is 0 Å². The van der Waals surface area contributed by atoms with Crippen molar-refractivity contribution in [2.75, 3.05) is 6.54 Å². The molecule has 118 valence electrons. The highest BCUT2D eigenvalue weighted by Gasteiger charge is 2.14. The van der Waals surface area contributed by atoms with Gasteiger partial charge in [0.05, 0.1) is 12.5 Å². The van der Waals surface area contributed by atoms with Crippen LogP contribution >= 0.6 is 0 Å². The molecule has 3 aromatic heterocycles. The Balaban J connectivity index is 1.45. The van der Waals surface area contributed by atoms with E-state index in [-0.39, 0.29) is 30.7 Å². The Labute approximate surface area is 129 Å². The molecule has 0 aliphatic carbocycles. The van der Waals surface area contributed by atoms with Crippen LogP contribution in [0.25, 0.3) is 11.7 Å². The number of furan rings is 2. The molecular weight excluding hydrogens is 306 g/mol. The zero-order valence-electron chi connectivity index (χ0n) is 11.7. The minimum absolute atomic E-state index is 0.109. The fraction of sp³-hybridized carbons (Fsp3) is 0.143. The molecule has 1 amide bonds. The summed E-state index contributed by atoms with van der Waals surface area (Å²) in [7, 11) is 0. The molecule has 1 N–H and O–H groups in total. The maximum absolute atomic E-state index is 11.6. The Morgan fingerprint density at radius 3 is 2.70 bits per heavy atom. The third-order valence-electron chi connectivity index (χ3n) is 2.69. The number of nitrogens with one attached hydrogen (secondary N) is 1. The van der Waals surface area contributed by atoms with Gasteiger partial charge in [-0.2, -0.15) is 0 Å². The molecule has 3 aromatic rings. The van der Waals surface area contributed by atoms with Crippen LogP contribution in [-0.2, 0) is 16.1 Å². The number of rotatable bonds is 6. The number of ether oxygens (including phenoxy) is 1. The largest absolute Gasteiger partial charge is 0.459 e. The predicted molar refractivity (Wildman–Crippen MR) is 72.8 cm³/mol. The Hall–Kier alpha value is -3.36. The lowest BCUT2D eigenvalue weighted by atomic mass is 10.4. The molecule has 0 spiro atoms. The monoisotopic (exact) mass is 317 g/mol. The number of carbonyl (C=O) groups excluding carboxylic acids is 2. The van der Waals surface area contributed by atoms with Gasteiger partial charge in [0.2, 0.25) is 0 Å². The molecule has 9 nitrogen and oxygen atoms in total. The van der Waals surface area contributed by atoms with Gasteiger partial charge in [-0.1, -0.05) is 0 Å². The van der Waals surface area contributed by atoms with Crippen molar-refractivity contribution in [3.8, 4) is 11.7 Å². The molecule has 3 heterocycles. The quantitative estimate of drug-likeness (QED) is 0.677. The van der Waals surface area contributed by atoms with Gasteiger partial charge in [0.15, 0.2) is 18.1 Å². The highest BCUT2D eigenvalue weighted by atomic mass is 16.5. The van der Waals surface area contributed by atoms with Gasteiger partial charge in [0.25, 0.3) is 17.7 Å². The maximum Gasteiger partial charge on any atom is 0.325 e. The molecule has 0 unspecified atom stereocenters. The molecule has 0 radical (unpaired) electrons. The van der Waals surface area contributed by atoms with Crippen molar-refractivity contribution >= 4 is 11.9 Å². The van der Waals surface area contributed by atoms with Crippen LogP contribution in [0.15, 0.2) is 50.0 Å². The van der Waals surface area contributed by atoms with E-state index in [2.05, 4.69) is 15.5 Å². The maximum atomic E-state index is 11.6. The van der Waals surface area contributed by atoms with E-state index in [1.807, 2.05) is 0 Å². The van der Waals surface area contributed by atoms with E-state index in [0.29, 0.717) is 5.76 Å². The summed E-state index contributed by atoms with van der Waals surface area (Å²) in [6.07, 6.45) is 2.83. The van der Waals surface area contributed by atoms with Gasteiger partial charge in [0.1, 0.15) is 6.54 Å². The van der Waals surface area contributed by atoms with Gasteiger partial charge in [-0.3, -0.25) is 9.59 Å². The second kappa shape index (κ2) is 6.60. The summed E-state index contributed by atoms with van der Waals surface area (Å²) in [5.74, 6) is -0.333. The molecule has 0 aliphatic rings. The minimum Gasteiger partial charge on any atom is -0.459 e. The summed E-state index contributed by atoms with van der Waals surface area (Å²) in [6, 6.07) is 6.39. The van der Waals surface area contributed by atoms with Gasteiger partial charge in [-0.15, -0.1) is 10.2 Å². The van der Waals surface area contributed by atoms with Gasteiger partial charge < -0.3 is 23.3 Å². The molecule has 0 saturated heterocycles. The summed E-state index contributed by atoms with van der Waals surface area (Å²) in [4.78, 5) is 23.1. The van der Waals surface area contributed by atoms with Crippen molar-refractivity contribution in [3.05, 3.63) is 48.4 Å². The average Bonchev–Trinajstić information content (AvgIpc) is 3.32. The number of carbonyl (C=O) groups is 2. The van der Waals surface area contributed by atoms with E-state index in [0.717, 1.165) is 0 Å². The molecule has 23 heavy (non-hydrogen) atoms. The van der Waals surface area contributed by atoms with Crippen molar-refractivity contribution in [1.29, 1.82) is 0 Å². The summed E-state index contributed by atoms with van der Waals surface area (Å²) in [5, 5.41) is 9.84. The summed E-state index contributed by atoms with van der Waals surface area (Å²) in [5.41, 5.74) is 0. The Bertz CT molecular complexity index is 775. The number of amides is 1. The molecule has 0 aliphatic heterocycles. The Morgan fingerprint density at radius 2 is 1.96 bits per heavy atom. The topological polar surface area (TPSA) is 121 Å². The summed E-state index contributed by atoms with van der Waals surface area (Å²) >= 11 is 0. The van der Waals surface area contributed by atoms with E-state index in [1.54, 1.807) is 18.2 Å². The van der Waals surface area contributed by atoms with E-state index >= 15 is 0 Å². The van der Waals surface area contributed by atoms with Crippen LogP contribution in [-0.4, -0.2) is 28.6 Å². The van der Waals surface area contributed by atoms with E-state index in [4.69, 9.17) is 18.0 Å². The number of hydrogen-bond acceptors (Lipinski definition) is 8. The average molecular weight is 317 g/mol. The molecule has 0 fully saturated rings. The second-order valence-corrected chi connectivity index (χ2v) is 4.30. The first-order valence-corrected chi connectivity index (χ1v) is 6.56. The summed E-state index contributed by atoms with van der Waals surface area (Å²) < 4.78 is 20.2. The predicted octanol–water partition coefficient (Wildman–Crippen LogP) is 1.40. The van der Waals surface area contributed by atoms with Crippen LogP contribution in [0.4, 0.5) is 0 Å². The van der Waals surface area contributed by atoms with E-state index in [1.165, 1.54) is 18.6 Å². The standard InChI is InChI=1S/C14H11N3O6/c18-12(7-15-13(19)9-3-1-5-20-9)22-8-11-16-17-14(23-11)10-4-2-6-21-10/h1-6H,7-8H2,(H,15,19). The molecule has 0 saturated carbocycles. The molecular formula is C14H11N3O6. The van der Waals surface area contributed by atoms with Crippen LogP contribution in [0.2, 0.25) is 0 Å². The number of nitrogens with zero attached hydrogens (tertiary/aromatic N) is 2. The van der Waals surface area contributed by atoms with Crippen molar-refractivity contribution in [2.24, 2.45) is 0 Å². The lowest BCUT2D eigenvalue weighted by Crippen LogP contribution is -2.30. The minimum atomic E-state index is -0.650. The van der Waals surface area contributed by atoms with Gasteiger partial charge >= 0.3 is 5.97 Å². The lowest BCUT2D eigenvalue weighted by molar-refractivity contribution is -0.144. The Morgan fingerprint density at radius 1 is 1.13 bits per heavy atom. The second-order valence-electron chi connectivity index (χ2n) is 4.30. The fourth-order valence-corrected chi connectivity index (χ4v) is 1.65. The lowest BCUT2D eigenvalue weighted by Gasteiger charge is -2.03. The van der Waals surface area contributed by atoms with Gasteiger partial charge in [-0.25, -0.2) is 0 Å². The Kier molecular flexibility index (Phi) is 4.18.